The third-order valence-corrected chi connectivity index (χ3v) is 6.37. The highest BCUT2D eigenvalue weighted by Gasteiger charge is 2.16. The van der Waals surface area contributed by atoms with Crippen LogP contribution < -0.4 is 15.0 Å². The summed E-state index contributed by atoms with van der Waals surface area (Å²) in [5.74, 6) is 2.45. The van der Waals surface area contributed by atoms with E-state index in [0.717, 1.165) is 5.56 Å². The van der Waals surface area contributed by atoms with Gasteiger partial charge in [-0.05, 0) is 29.8 Å². The summed E-state index contributed by atoms with van der Waals surface area (Å²) in [4.78, 5) is 22.6. The number of benzene rings is 3. The van der Waals surface area contributed by atoms with E-state index < -0.39 is 0 Å². The zero-order valence-corrected chi connectivity index (χ0v) is 20.0. The number of hydrogen-bond donors (Lipinski definition) is 0. The van der Waals surface area contributed by atoms with Gasteiger partial charge in [-0.2, -0.15) is 4.98 Å². The fourth-order valence-electron chi connectivity index (χ4n) is 3.66. The molecule has 0 spiro atoms. The maximum atomic E-state index is 13.3. The summed E-state index contributed by atoms with van der Waals surface area (Å²) in [5, 5.41) is 5.27. The molecule has 0 amide bonds. The number of fused-ring (bicyclic) bond motifs is 1. The van der Waals surface area contributed by atoms with Crippen LogP contribution in [0.1, 0.15) is 11.5 Å². The molecule has 0 aliphatic rings. The molecule has 0 atom stereocenters. The van der Waals surface area contributed by atoms with Crippen molar-refractivity contribution in [3.05, 3.63) is 94.6 Å². The molecule has 0 aliphatic heterocycles. The molecule has 5 aromatic rings. The van der Waals surface area contributed by atoms with Crippen LogP contribution in [-0.2, 0) is 12.3 Å². The molecule has 0 bridgehead atoms. The van der Waals surface area contributed by atoms with Gasteiger partial charge in [0.05, 0.1) is 37.4 Å². The first-order valence-electron chi connectivity index (χ1n) is 10.9. The van der Waals surface area contributed by atoms with E-state index in [4.69, 9.17) is 19.0 Å². The summed E-state index contributed by atoms with van der Waals surface area (Å²) in [6.07, 6.45) is 0. The highest BCUT2D eigenvalue weighted by molar-refractivity contribution is 7.98. The minimum Gasteiger partial charge on any atom is -0.497 e. The number of rotatable bonds is 8. The molecule has 0 saturated heterocycles. The number of para-hydroxylation sites is 1. The lowest BCUT2D eigenvalue weighted by molar-refractivity contribution is 0.390. The Morgan fingerprint density at radius 3 is 2.37 bits per heavy atom. The van der Waals surface area contributed by atoms with Gasteiger partial charge in [0.25, 0.3) is 5.56 Å². The van der Waals surface area contributed by atoms with Crippen LogP contribution >= 0.6 is 11.8 Å². The van der Waals surface area contributed by atoms with E-state index in [0.29, 0.717) is 57.1 Å². The second-order valence-corrected chi connectivity index (χ2v) is 8.63. The molecular formula is C26H22N4O4S. The zero-order valence-electron chi connectivity index (χ0n) is 19.2. The van der Waals surface area contributed by atoms with Gasteiger partial charge >= 0.3 is 0 Å². The van der Waals surface area contributed by atoms with Crippen molar-refractivity contribution in [2.45, 2.75) is 17.5 Å². The SMILES string of the molecule is COc1cc(OC)cc(-c2noc(CSc3nc4ccccc4c(=O)n3Cc3ccccc3)n2)c1. The van der Waals surface area contributed by atoms with Crippen molar-refractivity contribution in [3.8, 4) is 22.9 Å². The van der Waals surface area contributed by atoms with E-state index in [1.807, 2.05) is 60.7 Å². The van der Waals surface area contributed by atoms with E-state index in [1.54, 1.807) is 30.9 Å². The fourth-order valence-corrected chi connectivity index (χ4v) is 4.49. The minimum absolute atomic E-state index is 0.0864. The fraction of sp³-hybridized carbons (Fsp3) is 0.154. The van der Waals surface area contributed by atoms with Crippen molar-refractivity contribution in [2.24, 2.45) is 0 Å². The van der Waals surface area contributed by atoms with Crippen LogP contribution in [0.2, 0.25) is 0 Å². The molecule has 3 aromatic carbocycles. The maximum Gasteiger partial charge on any atom is 0.262 e. The monoisotopic (exact) mass is 486 g/mol. The summed E-state index contributed by atoms with van der Waals surface area (Å²) in [5.41, 5.74) is 2.29. The standard InChI is InChI=1S/C26H22N4O4S/c1-32-19-12-18(13-20(14-19)33-2)24-28-23(34-29-24)16-35-26-27-22-11-7-6-10-21(22)25(31)30(26)15-17-8-4-3-5-9-17/h3-14H,15-16H2,1-2H3. The van der Waals surface area contributed by atoms with Gasteiger partial charge in [0.2, 0.25) is 11.7 Å². The molecule has 8 nitrogen and oxygen atoms in total. The summed E-state index contributed by atoms with van der Waals surface area (Å²) in [6, 6.07) is 22.6. The first kappa shape index (κ1) is 22.7. The lowest BCUT2D eigenvalue weighted by atomic mass is 10.2. The van der Waals surface area contributed by atoms with Gasteiger partial charge in [0.15, 0.2) is 5.16 Å². The van der Waals surface area contributed by atoms with Crippen LogP contribution in [0, 0.1) is 0 Å². The van der Waals surface area contributed by atoms with Crippen molar-refractivity contribution < 1.29 is 14.0 Å². The van der Waals surface area contributed by atoms with Crippen molar-refractivity contribution in [2.75, 3.05) is 14.2 Å². The number of nitrogens with zero attached hydrogens (tertiary/aromatic N) is 4. The second-order valence-electron chi connectivity index (χ2n) is 7.69. The van der Waals surface area contributed by atoms with Crippen molar-refractivity contribution in [1.29, 1.82) is 0 Å². The van der Waals surface area contributed by atoms with Crippen LogP contribution in [0.5, 0.6) is 11.5 Å². The van der Waals surface area contributed by atoms with E-state index in [9.17, 15) is 4.79 Å². The van der Waals surface area contributed by atoms with Crippen LogP contribution in [0.25, 0.3) is 22.3 Å². The lowest BCUT2D eigenvalue weighted by Gasteiger charge is -2.12. The molecule has 0 fully saturated rings. The molecule has 2 heterocycles. The number of thioether (sulfide) groups is 1. The van der Waals surface area contributed by atoms with Gasteiger partial charge < -0.3 is 14.0 Å². The van der Waals surface area contributed by atoms with Gasteiger partial charge in [0.1, 0.15) is 11.5 Å². The molecule has 2 aromatic heterocycles. The second kappa shape index (κ2) is 10.0. The first-order valence-corrected chi connectivity index (χ1v) is 11.9. The van der Waals surface area contributed by atoms with E-state index in [-0.39, 0.29) is 5.56 Å². The Morgan fingerprint density at radius 1 is 0.914 bits per heavy atom. The average molecular weight is 487 g/mol. The summed E-state index contributed by atoms with van der Waals surface area (Å²) >= 11 is 1.38. The number of methoxy groups -OCH3 is 2. The van der Waals surface area contributed by atoms with Crippen LogP contribution in [0.3, 0.4) is 0 Å². The number of aromatic nitrogens is 4. The molecule has 9 heteroatoms. The maximum absolute atomic E-state index is 13.3. The predicted molar refractivity (Wildman–Crippen MR) is 134 cm³/mol. The number of hydrogen-bond acceptors (Lipinski definition) is 8. The van der Waals surface area contributed by atoms with Crippen molar-refractivity contribution in [3.63, 3.8) is 0 Å². The third kappa shape index (κ3) is 4.90. The first-order chi connectivity index (χ1) is 17.1. The van der Waals surface area contributed by atoms with E-state index in [2.05, 4.69) is 10.1 Å². The normalized spacial score (nSPS) is 11.0. The van der Waals surface area contributed by atoms with E-state index in [1.165, 1.54) is 11.8 Å². The topological polar surface area (TPSA) is 92.3 Å². The molecule has 5 rings (SSSR count). The third-order valence-electron chi connectivity index (χ3n) is 5.41. The Kier molecular flexibility index (Phi) is 6.49. The Balaban J connectivity index is 1.44. The molecule has 176 valence electrons. The van der Waals surface area contributed by atoms with Gasteiger partial charge in [-0.1, -0.05) is 59.4 Å². The lowest BCUT2D eigenvalue weighted by Crippen LogP contribution is -2.24. The molecular weight excluding hydrogens is 464 g/mol. The van der Waals surface area contributed by atoms with Gasteiger partial charge in [-0.3, -0.25) is 9.36 Å². The molecule has 0 radical (unpaired) electrons. The van der Waals surface area contributed by atoms with Crippen molar-refractivity contribution >= 4 is 22.7 Å². The summed E-state index contributed by atoms with van der Waals surface area (Å²) < 4.78 is 17.8. The van der Waals surface area contributed by atoms with Gasteiger partial charge in [-0.15, -0.1) is 0 Å². The quantitative estimate of drug-likeness (QED) is 0.228. The van der Waals surface area contributed by atoms with Crippen molar-refractivity contribution in [1.82, 2.24) is 19.7 Å². The highest BCUT2D eigenvalue weighted by atomic mass is 32.2. The summed E-state index contributed by atoms with van der Waals surface area (Å²) in [7, 11) is 3.17. The van der Waals surface area contributed by atoms with Gasteiger partial charge in [-0.25, -0.2) is 4.98 Å². The van der Waals surface area contributed by atoms with Crippen LogP contribution in [-0.4, -0.2) is 33.9 Å². The Morgan fingerprint density at radius 2 is 1.63 bits per heavy atom. The van der Waals surface area contributed by atoms with Crippen LogP contribution in [0.15, 0.2) is 87.3 Å². The molecule has 0 N–H and O–H groups in total. The van der Waals surface area contributed by atoms with E-state index >= 15 is 0 Å². The largest absolute Gasteiger partial charge is 0.497 e. The van der Waals surface area contributed by atoms with Crippen LogP contribution in [0.4, 0.5) is 0 Å². The van der Waals surface area contributed by atoms with Gasteiger partial charge in [0, 0.05) is 11.6 Å². The Labute approximate surface area is 205 Å². The molecule has 35 heavy (non-hydrogen) atoms. The molecule has 0 saturated carbocycles. The molecule has 0 aliphatic carbocycles. The molecule has 0 unspecified atom stereocenters. The predicted octanol–water partition coefficient (Wildman–Crippen LogP) is 4.80. The zero-order chi connectivity index (χ0) is 24.2. The Hall–Kier alpha value is -4.11. The Bertz CT molecular complexity index is 1510. The minimum atomic E-state index is -0.0864. The number of ether oxygens (including phenoxy) is 2. The summed E-state index contributed by atoms with van der Waals surface area (Å²) in [6.45, 7) is 0.415. The smallest absolute Gasteiger partial charge is 0.262 e. The highest BCUT2D eigenvalue weighted by Crippen LogP contribution is 2.29. The average Bonchev–Trinajstić information content (AvgIpc) is 3.39.